The van der Waals surface area contributed by atoms with Crippen molar-refractivity contribution in [2.75, 3.05) is 0 Å². The van der Waals surface area contributed by atoms with Gasteiger partial charge in [0.25, 0.3) is 0 Å². The number of aliphatic hydroxyl groups excluding tert-OH is 1. The molecular weight excluding hydrogens is 288 g/mol. The molecule has 23 heavy (non-hydrogen) atoms. The second-order valence-electron chi connectivity index (χ2n) is 5.93. The zero-order chi connectivity index (χ0) is 17.2. The van der Waals surface area contributed by atoms with E-state index >= 15 is 0 Å². The molecule has 0 fully saturated rings. The van der Waals surface area contributed by atoms with Crippen LogP contribution in [0.25, 0.3) is 0 Å². The summed E-state index contributed by atoms with van der Waals surface area (Å²) in [6.07, 6.45) is 22.3. The van der Waals surface area contributed by atoms with Gasteiger partial charge in [-0.25, -0.2) is 0 Å². The van der Waals surface area contributed by atoms with Crippen LogP contribution in [0, 0.1) is 0 Å². The van der Waals surface area contributed by atoms with Gasteiger partial charge in [-0.2, -0.15) is 0 Å². The molecular formula is C20H34O3. The Kier molecular flexibility index (Phi) is 16.0. The second-order valence-corrected chi connectivity index (χ2v) is 5.93. The third kappa shape index (κ3) is 18.6. The molecule has 0 unspecified atom stereocenters. The number of hydrogen-bond donors (Lipinski definition) is 2. The van der Waals surface area contributed by atoms with E-state index < -0.39 is 12.1 Å². The van der Waals surface area contributed by atoms with E-state index in [-0.39, 0.29) is 6.42 Å². The van der Waals surface area contributed by atoms with Gasteiger partial charge in [0.1, 0.15) is 0 Å². The molecule has 0 heterocycles. The van der Waals surface area contributed by atoms with Gasteiger partial charge in [0.2, 0.25) is 0 Å². The van der Waals surface area contributed by atoms with E-state index in [1.165, 1.54) is 25.7 Å². The van der Waals surface area contributed by atoms with Crippen LogP contribution in [0.1, 0.15) is 77.6 Å². The van der Waals surface area contributed by atoms with E-state index in [2.05, 4.69) is 25.2 Å². The van der Waals surface area contributed by atoms with Gasteiger partial charge in [-0.05, 0) is 32.1 Å². The number of carboxylic acid groups (broad SMARTS) is 1. The Bertz CT molecular complexity index is 356. The van der Waals surface area contributed by atoms with E-state index in [0.29, 0.717) is 0 Å². The molecule has 0 amide bonds. The molecule has 0 aromatic carbocycles. The first-order valence-corrected chi connectivity index (χ1v) is 9.05. The summed E-state index contributed by atoms with van der Waals surface area (Å²) < 4.78 is 0. The minimum atomic E-state index is -0.726. The summed E-state index contributed by atoms with van der Waals surface area (Å²) in [6.45, 7) is 2.21. The summed E-state index contributed by atoms with van der Waals surface area (Å²) in [4.78, 5) is 10.4. The number of rotatable bonds is 15. The zero-order valence-corrected chi connectivity index (χ0v) is 14.6. The first-order chi connectivity index (χ1) is 11.2. The van der Waals surface area contributed by atoms with Crippen LogP contribution < -0.4 is 0 Å². The first kappa shape index (κ1) is 21.6. The molecule has 0 aliphatic carbocycles. The largest absolute Gasteiger partial charge is 0.481 e. The molecule has 3 heteroatoms. The van der Waals surface area contributed by atoms with Crippen LogP contribution in [0.3, 0.4) is 0 Å². The molecule has 0 bridgehead atoms. The average molecular weight is 322 g/mol. The Morgan fingerprint density at radius 2 is 1.74 bits per heavy atom. The number of carbonyl (C=O) groups is 1. The van der Waals surface area contributed by atoms with Crippen molar-refractivity contribution in [2.45, 2.75) is 83.7 Å². The fourth-order valence-corrected chi connectivity index (χ4v) is 2.23. The lowest BCUT2D eigenvalue weighted by atomic mass is 10.1. The molecule has 3 nitrogen and oxygen atoms in total. The number of carboxylic acids is 1. The van der Waals surface area contributed by atoms with Gasteiger partial charge in [-0.1, -0.05) is 75.5 Å². The molecule has 0 aliphatic rings. The maximum absolute atomic E-state index is 10.4. The minimum Gasteiger partial charge on any atom is -0.481 e. The molecule has 0 saturated carbocycles. The highest BCUT2D eigenvalue weighted by Crippen LogP contribution is 2.08. The molecule has 0 saturated heterocycles. The number of allylic oxidation sites excluding steroid dienone is 5. The Morgan fingerprint density at radius 1 is 0.957 bits per heavy atom. The molecule has 1 atom stereocenters. The topological polar surface area (TPSA) is 57.5 Å². The third-order valence-corrected chi connectivity index (χ3v) is 3.63. The maximum Gasteiger partial charge on any atom is 0.303 e. The molecule has 0 aliphatic heterocycles. The van der Waals surface area contributed by atoms with Crippen molar-refractivity contribution >= 4 is 5.97 Å². The van der Waals surface area contributed by atoms with E-state index in [4.69, 9.17) is 5.11 Å². The van der Waals surface area contributed by atoms with E-state index in [0.717, 1.165) is 38.5 Å². The van der Waals surface area contributed by atoms with Crippen molar-refractivity contribution < 1.29 is 15.0 Å². The standard InChI is InChI=1S/C20H34O3/c1-2-3-4-5-6-7-8-9-10-13-16-19(21)17-14-11-12-15-18-20(22)23/h6-7,9-10,13,16,19,21H,2-5,8,11-12,14-15,17-18H2,1H3,(H,22,23)/b7-6-,10-9-,16-13+/t19-/m0/s1. The zero-order valence-electron chi connectivity index (χ0n) is 14.6. The number of hydrogen-bond acceptors (Lipinski definition) is 2. The second kappa shape index (κ2) is 17.0. The third-order valence-electron chi connectivity index (χ3n) is 3.63. The smallest absolute Gasteiger partial charge is 0.303 e. The monoisotopic (exact) mass is 322 g/mol. The molecule has 132 valence electrons. The number of unbranched alkanes of at least 4 members (excludes halogenated alkanes) is 6. The SMILES string of the molecule is CCCCC/C=C\C/C=C\C=C\[C@H](O)CCCCCCC(=O)O. The van der Waals surface area contributed by atoms with Crippen LogP contribution in [0.5, 0.6) is 0 Å². The summed E-state index contributed by atoms with van der Waals surface area (Å²) in [5, 5.41) is 18.3. The van der Waals surface area contributed by atoms with Crippen LogP contribution in [0.4, 0.5) is 0 Å². The van der Waals surface area contributed by atoms with Crippen LogP contribution >= 0.6 is 0 Å². The lowest BCUT2D eigenvalue weighted by molar-refractivity contribution is -0.137. The van der Waals surface area contributed by atoms with Crippen molar-refractivity contribution in [3.05, 3.63) is 36.5 Å². The average Bonchev–Trinajstić information content (AvgIpc) is 2.52. The highest BCUT2D eigenvalue weighted by molar-refractivity contribution is 5.66. The first-order valence-electron chi connectivity index (χ1n) is 9.05. The highest BCUT2D eigenvalue weighted by atomic mass is 16.4. The van der Waals surface area contributed by atoms with E-state index in [1.54, 1.807) is 0 Å². The predicted octanol–water partition coefficient (Wildman–Crippen LogP) is 5.41. The summed E-state index contributed by atoms with van der Waals surface area (Å²) in [5.41, 5.74) is 0. The van der Waals surface area contributed by atoms with Gasteiger partial charge < -0.3 is 10.2 Å². The lowest BCUT2D eigenvalue weighted by Crippen LogP contribution is -2.01. The molecule has 0 spiro atoms. The molecule has 0 aromatic heterocycles. The van der Waals surface area contributed by atoms with Crippen molar-refractivity contribution in [1.29, 1.82) is 0 Å². The maximum atomic E-state index is 10.4. The van der Waals surface area contributed by atoms with E-state index in [9.17, 15) is 9.90 Å². The minimum absolute atomic E-state index is 0.250. The molecule has 0 rings (SSSR count). The predicted molar refractivity (Wildman–Crippen MR) is 97.5 cm³/mol. The summed E-state index contributed by atoms with van der Waals surface area (Å²) in [7, 11) is 0. The molecule has 0 radical (unpaired) electrons. The quantitative estimate of drug-likeness (QED) is 0.241. The fraction of sp³-hybridized carbons (Fsp3) is 0.650. The van der Waals surface area contributed by atoms with Gasteiger partial charge in [0.05, 0.1) is 6.10 Å². The Labute approximate surface area is 141 Å². The Morgan fingerprint density at radius 3 is 2.48 bits per heavy atom. The van der Waals surface area contributed by atoms with Crippen LogP contribution in [-0.4, -0.2) is 22.3 Å². The van der Waals surface area contributed by atoms with Crippen molar-refractivity contribution in [1.82, 2.24) is 0 Å². The molecule has 2 N–H and O–H groups in total. The van der Waals surface area contributed by atoms with Gasteiger partial charge in [0, 0.05) is 6.42 Å². The number of aliphatic hydroxyl groups is 1. The van der Waals surface area contributed by atoms with Crippen molar-refractivity contribution in [3.63, 3.8) is 0 Å². The lowest BCUT2D eigenvalue weighted by Gasteiger charge is -2.04. The summed E-state index contributed by atoms with van der Waals surface area (Å²) in [6, 6.07) is 0. The van der Waals surface area contributed by atoms with Crippen LogP contribution in [0.2, 0.25) is 0 Å². The summed E-state index contributed by atoms with van der Waals surface area (Å²) >= 11 is 0. The normalized spacial score (nSPS) is 13.5. The summed E-state index contributed by atoms with van der Waals surface area (Å²) in [5.74, 6) is -0.726. The van der Waals surface area contributed by atoms with Crippen LogP contribution in [0.15, 0.2) is 36.5 Å². The Hall–Kier alpha value is -1.35. The highest BCUT2D eigenvalue weighted by Gasteiger charge is 1.99. The van der Waals surface area contributed by atoms with Crippen LogP contribution in [-0.2, 0) is 4.79 Å². The van der Waals surface area contributed by atoms with Gasteiger partial charge in [-0.15, -0.1) is 0 Å². The number of aliphatic carboxylic acids is 1. The molecule has 0 aromatic rings. The van der Waals surface area contributed by atoms with E-state index in [1.807, 2.05) is 18.2 Å². The Balaban J connectivity index is 3.51. The van der Waals surface area contributed by atoms with Crippen molar-refractivity contribution in [2.24, 2.45) is 0 Å². The van der Waals surface area contributed by atoms with Gasteiger partial charge in [0.15, 0.2) is 0 Å². The van der Waals surface area contributed by atoms with Gasteiger partial charge in [-0.3, -0.25) is 4.79 Å². The fourth-order valence-electron chi connectivity index (χ4n) is 2.23. The van der Waals surface area contributed by atoms with Crippen molar-refractivity contribution in [3.8, 4) is 0 Å². The van der Waals surface area contributed by atoms with Gasteiger partial charge >= 0.3 is 5.97 Å².